The van der Waals surface area contributed by atoms with Gasteiger partial charge in [0, 0.05) is 29.6 Å². The summed E-state index contributed by atoms with van der Waals surface area (Å²) in [4.78, 5) is 16.3. The second-order valence-electron chi connectivity index (χ2n) is 5.59. The highest BCUT2D eigenvalue weighted by Crippen LogP contribution is 2.33. The van der Waals surface area contributed by atoms with Crippen molar-refractivity contribution in [1.29, 1.82) is 0 Å². The first-order valence-electron chi connectivity index (χ1n) is 8.14. The summed E-state index contributed by atoms with van der Waals surface area (Å²) in [6.07, 6.45) is 3.34. The lowest BCUT2D eigenvalue weighted by molar-refractivity contribution is -0.123. The van der Waals surface area contributed by atoms with Crippen molar-refractivity contribution in [1.82, 2.24) is 10.4 Å². The van der Waals surface area contributed by atoms with Crippen LogP contribution >= 0.6 is 34.8 Å². The number of benzene rings is 2. The molecule has 0 unspecified atom stereocenters. The maximum absolute atomic E-state index is 12.2. The van der Waals surface area contributed by atoms with E-state index in [2.05, 4.69) is 15.5 Å². The van der Waals surface area contributed by atoms with Crippen LogP contribution in [0.1, 0.15) is 11.1 Å². The maximum atomic E-state index is 12.2. The van der Waals surface area contributed by atoms with Crippen LogP contribution in [0.2, 0.25) is 15.1 Å². The molecule has 1 N–H and O–H groups in total. The fourth-order valence-corrected chi connectivity index (χ4v) is 2.89. The fourth-order valence-electron chi connectivity index (χ4n) is 2.30. The molecule has 28 heavy (non-hydrogen) atoms. The number of rotatable bonds is 6. The van der Waals surface area contributed by atoms with E-state index >= 15 is 0 Å². The number of nitrogens with zero attached hydrogens (tertiary/aromatic N) is 2. The second-order valence-corrected chi connectivity index (χ2v) is 6.81. The number of hydrazone groups is 1. The Morgan fingerprint density at radius 3 is 2.39 bits per heavy atom. The quantitative estimate of drug-likeness (QED) is 0.338. The Morgan fingerprint density at radius 1 is 0.964 bits per heavy atom. The first-order valence-corrected chi connectivity index (χ1v) is 9.27. The maximum Gasteiger partial charge on any atom is 0.277 e. The van der Waals surface area contributed by atoms with Crippen molar-refractivity contribution in [2.75, 3.05) is 6.61 Å². The number of hydrogen-bond donors (Lipinski definition) is 1. The normalized spacial score (nSPS) is 11.2. The SMILES string of the molecule is O=C(COc1cc(Cl)c(Cl)cc1Cl)N/N=C(\c1ccccc1)c1cccnc1. The minimum absolute atomic E-state index is 0.255. The van der Waals surface area contributed by atoms with Gasteiger partial charge in [-0.1, -0.05) is 65.1 Å². The number of carbonyl (C=O) groups is 1. The summed E-state index contributed by atoms with van der Waals surface area (Å²) in [5.74, 6) is -0.204. The minimum atomic E-state index is -0.459. The van der Waals surface area contributed by atoms with E-state index in [4.69, 9.17) is 39.5 Å². The number of aromatic nitrogens is 1. The van der Waals surface area contributed by atoms with Gasteiger partial charge in [-0.05, 0) is 18.2 Å². The largest absolute Gasteiger partial charge is 0.482 e. The van der Waals surface area contributed by atoms with Gasteiger partial charge in [0.2, 0.25) is 0 Å². The van der Waals surface area contributed by atoms with Crippen molar-refractivity contribution in [2.24, 2.45) is 5.10 Å². The molecular formula is C20H14Cl3N3O2. The molecule has 0 fully saturated rings. The van der Waals surface area contributed by atoms with E-state index in [1.165, 1.54) is 12.1 Å². The zero-order valence-electron chi connectivity index (χ0n) is 14.4. The molecule has 0 saturated heterocycles. The van der Waals surface area contributed by atoms with Crippen LogP contribution in [0.3, 0.4) is 0 Å². The highest BCUT2D eigenvalue weighted by molar-refractivity contribution is 6.43. The monoisotopic (exact) mass is 433 g/mol. The number of hydrogen-bond acceptors (Lipinski definition) is 4. The van der Waals surface area contributed by atoms with Crippen LogP contribution in [-0.4, -0.2) is 23.2 Å². The fraction of sp³-hybridized carbons (Fsp3) is 0.0500. The average Bonchev–Trinajstić information content (AvgIpc) is 2.71. The molecule has 8 heteroatoms. The molecular weight excluding hydrogens is 421 g/mol. The van der Waals surface area contributed by atoms with Crippen molar-refractivity contribution < 1.29 is 9.53 Å². The summed E-state index contributed by atoms with van der Waals surface area (Å²) < 4.78 is 5.41. The van der Waals surface area contributed by atoms with Crippen LogP contribution in [0.25, 0.3) is 0 Å². The Hall–Kier alpha value is -2.60. The second kappa shape index (κ2) is 9.55. The van der Waals surface area contributed by atoms with E-state index < -0.39 is 5.91 Å². The zero-order valence-corrected chi connectivity index (χ0v) is 16.7. The first-order chi connectivity index (χ1) is 13.5. The number of pyridine rings is 1. The molecule has 0 spiro atoms. The molecule has 5 nitrogen and oxygen atoms in total. The van der Waals surface area contributed by atoms with Gasteiger partial charge in [0.15, 0.2) is 6.61 Å². The van der Waals surface area contributed by atoms with Crippen LogP contribution in [-0.2, 0) is 4.79 Å². The third kappa shape index (κ3) is 5.23. The van der Waals surface area contributed by atoms with E-state index in [0.29, 0.717) is 10.7 Å². The average molecular weight is 435 g/mol. The predicted octanol–water partition coefficient (Wildman–Crippen LogP) is 4.99. The van der Waals surface area contributed by atoms with Crippen LogP contribution < -0.4 is 10.2 Å². The number of nitrogens with one attached hydrogen (secondary N) is 1. The molecule has 142 valence electrons. The molecule has 1 amide bonds. The van der Waals surface area contributed by atoms with Gasteiger partial charge in [0.1, 0.15) is 5.75 Å². The van der Waals surface area contributed by atoms with Gasteiger partial charge < -0.3 is 4.74 Å². The van der Waals surface area contributed by atoms with Gasteiger partial charge >= 0.3 is 0 Å². The molecule has 1 aromatic heterocycles. The molecule has 0 aliphatic heterocycles. The predicted molar refractivity (Wildman–Crippen MR) is 111 cm³/mol. The van der Waals surface area contributed by atoms with E-state index in [1.807, 2.05) is 36.4 Å². The van der Waals surface area contributed by atoms with Crippen molar-refractivity contribution in [3.63, 3.8) is 0 Å². The van der Waals surface area contributed by atoms with Gasteiger partial charge in [-0.3, -0.25) is 9.78 Å². The van der Waals surface area contributed by atoms with Crippen LogP contribution in [0, 0.1) is 0 Å². The van der Waals surface area contributed by atoms with Gasteiger partial charge in [-0.15, -0.1) is 0 Å². The van der Waals surface area contributed by atoms with E-state index in [0.717, 1.165) is 11.1 Å². The Morgan fingerprint density at radius 2 is 1.68 bits per heavy atom. The van der Waals surface area contributed by atoms with Gasteiger partial charge in [-0.25, -0.2) is 5.43 Å². The van der Waals surface area contributed by atoms with Crippen molar-refractivity contribution in [3.05, 3.63) is 93.2 Å². The smallest absolute Gasteiger partial charge is 0.277 e. The lowest BCUT2D eigenvalue weighted by Gasteiger charge is -2.10. The molecule has 3 aromatic rings. The molecule has 0 bridgehead atoms. The van der Waals surface area contributed by atoms with Crippen molar-refractivity contribution >= 4 is 46.4 Å². The summed E-state index contributed by atoms with van der Waals surface area (Å²) in [5, 5.41) is 5.09. The van der Waals surface area contributed by atoms with Crippen molar-refractivity contribution in [3.8, 4) is 5.75 Å². The third-order valence-corrected chi connectivity index (χ3v) is 4.63. The molecule has 0 saturated carbocycles. The number of ether oxygens (including phenoxy) is 1. The molecule has 1 heterocycles. The van der Waals surface area contributed by atoms with E-state index in [9.17, 15) is 4.79 Å². The molecule has 3 rings (SSSR count). The summed E-state index contributed by atoms with van der Waals surface area (Å²) in [5.41, 5.74) is 4.67. The molecule has 2 aromatic carbocycles. The van der Waals surface area contributed by atoms with Gasteiger partial charge in [0.05, 0.1) is 20.8 Å². The standard InChI is InChI=1S/C20H14Cl3N3O2/c21-15-9-17(23)18(10-16(15)22)28-12-19(27)25-26-20(13-5-2-1-3-6-13)14-7-4-8-24-11-14/h1-11H,12H2,(H,25,27)/b26-20+. The summed E-state index contributed by atoms with van der Waals surface area (Å²) in [7, 11) is 0. The molecule has 0 radical (unpaired) electrons. The first kappa shape index (κ1) is 20.1. The molecule has 0 aliphatic carbocycles. The summed E-state index contributed by atoms with van der Waals surface area (Å²) in [6.45, 7) is -0.295. The van der Waals surface area contributed by atoms with Gasteiger partial charge in [-0.2, -0.15) is 5.10 Å². The van der Waals surface area contributed by atoms with Crippen molar-refractivity contribution in [2.45, 2.75) is 0 Å². The Bertz CT molecular complexity index is 955. The lowest BCUT2D eigenvalue weighted by Crippen LogP contribution is -2.26. The van der Waals surface area contributed by atoms with Gasteiger partial charge in [0.25, 0.3) is 5.91 Å². The lowest BCUT2D eigenvalue weighted by atomic mass is 10.0. The molecule has 0 aliphatic rings. The molecule has 0 atom stereocenters. The number of amides is 1. The Kier molecular flexibility index (Phi) is 6.87. The Balaban J connectivity index is 1.72. The number of halogens is 3. The van der Waals surface area contributed by atoms with E-state index in [-0.39, 0.29) is 22.4 Å². The summed E-state index contributed by atoms with van der Waals surface area (Å²) in [6, 6.07) is 16.0. The third-order valence-electron chi connectivity index (χ3n) is 3.61. The van der Waals surface area contributed by atoms with E-state index in [1.54, 1.807) is 18.5 Å². The topological polar surface area (TPSA) is 63.6 Å². The summed E-state index contributed by atoms with van der Waals surface area (Å²) >= 11 is 17.9. The number of carbonyl (C=O) groups excluding carboxylic acids is 1. The van der Waals surface area contributed by atoms with Crippen LogP contribution in [0.4, 0.5) is 0 Å². The van der Waals surface area contributed by atoms with Crippen LogP contribution in [0.5, 0.6) is 5.75 Å². The zero-order chi connectivity index (χ0) is 19.9. The highest BCUT2D eigenvalue weighted by atomic mass is 35.5. The minimum Gasteiger partial charge on any atom is -0.482 e. The Labute approximate surface area is 176 Å². The van der Waals surface area contributed by atoms with Crippen LogP contribution in [0.15, 0.2) is 72.1 Å². The highest BCUT2D eigenvalue weighted by Gasteiger charge is 2.11.